The van der Waals surface area contributed by atoms with E-state index in [0.717, 1.165) is 12.0 Å². The Morgan fingerprint density at radius 2 is 2.12 bits per heavy atom. The molecule has 1 aromatic carbocycles. The molecule has 2 rings (SSSR count). The lowest BCUT2D eigenvalue weighted by Gasteiger charge is -1.98. The number of rotatable bonds is 4. The van der Waals surface area contributed by atoms with Gasteiger partial charge in [0.25, 0.3) is 5.91 Å². The molecule has 0 saturated carbocycles. The number of benzene rings is 1. The third-order valence-corrected chi connectivity index (χ3v) is 2.29. The van der Waals surface area contributed by atoms with Gasteiger partial charge in [-0.25, -0.2) is 4.98 Å². The largest absolute Gasteiger partial charge is 0.444 e. The molecule has 0 spiro atoms. The summed E-state index contributed by atoms with van der Waals surface area (Å²) in [7, 11) is 0. The first-order valence-electron chi connectivity index (χ1n) is 5.60. The van der Waals surface area contributed by atoms with Gasteiger partial charge in [-0.15, -0.1) is 0 Å². The third-order valence-electron chi connectivity index (χ3n) is 2.29. The Balaban J connectivity index is 2.14. The summed E-state index contributed by atoms with van der Waals surface area (Å²) in [5.74, 6) is 0.269. The van der Waals surface area contributed by atoms with Gasteiger partial charge in [-0.1, -0.05) is 25.1 Å². The lowest BCUT2D eigenvalue weighted by molar-refractivity contribution is 0.0948. The van der Waals surface area contributed by atoms with Crippen LogP contribution in [-0.4, -0.2) is 17.4 Å². The van der Waals surface area contributed by atoms with Crippen molar-refractivity contribution in [2.24, 2.45) is 0 Å². The van der Waals surface area contributed by atoms with E-state index in [0.29, 0.717) is 18.1 Å². The molecule has 1 N–H and O–H groups in total. The highest BCUT2D eigenvalue weighted by atomic mass is 16.3. The summed E-state index contributed by atoms with van der Waals surface area (Å²) >= 11 is 0. The molecule has 4 nitrogen and oxygen atoms in total. The maximum Gasteiger partial charge on any atom is 0.273 e. The Morgan fingerprint density at radius 1 is 1.35 bits per heavy atom. The highest BCUT2D eigenvalue weighted by Crippen LogP contribution is 2.17. The van der Waals surface area contributed by atoms with E-state index in [2.05, 4.69) is 10.3 Å². The molecule has 0 saturated heterocycles. The Kier molecular flexibility index (Phi) is 3.55. The number of oxazole rings is 1. The zero-order chi connectivity index (χ0) is 12.1. The average molecular weight is 230 g/mol. The second-order valence-electron chi connectivity index (χ2n) is 3.66. The van der Waals surface area contributed by atoms with Crippen LogP contribution in [0.5, 0.6) is 0 Å². The number of nitrogens with zero attached hydrogens (tertiary/aromatic N) is 1. The third kappa shape index (κ3) is 2.72. The van der Waals surface area contributed by atoms with Gasteiger partial charge in [-0.05, 0) is 18.6 Å². The van der Waals surface area contributed by atoms with Crippen molar-refractivity contribution >= 4 is 5.91 Å². The predicted octanol–water partition coefficient (Wildman–Crippen LogP) is 2.48. The van der Waals surface area contributed by atoms with Gasteiger partial charge in [0.15, 0.2) is 5.69 Å². The van der Waals surface area contributed by atoms with Gasteiger partial charge in [-0.3, -0.25) is 4.79 Å². The lowest BCUT2D eigenvalue weighted by Crippen LogP contribution is -2.24. The molecule has 4 heteroatoms. The molecule has 0 aliphatic rings. The van der Waals surface area contributed by atoms with E-state index in [1.807, 2.05) is 37.3 Å². The predicted molar refractivity (Wildman–Crippen MR) is 64.6 cm³/mol. The van der Waals surface area contributed by atoms with Gasteiger partial charge in [0.05, 0.1) is 0 Å². The molecule has 88 valence electrons. The first-order chi connectivity index (χ1) is 8.31. The summed E-state index contributed by atoms with van der Waals surface area (Å²) in [6.07, 6.45) is 2.28. The first kappa shape index (κ1) is 11.4. The molecular formula is C13H14N2O2. The Bertz CT molecular complexity index is 491. The summed E-state index contributed by atoms with van der Waals surface area (Å²) in [6, 6.07) is 9.49. The van der Waals surface area contributed by atoms with Crippen LogP contribution in [0.15, 0.2) is 41.0 Å². The molecule has 0 aliphatic carbocycles. The van der Waals surface area contributed by atoms with Crippen molar-refractivity contribution in [2.75, 3.05) is 6.54 Å². The Labute approximate surface area is 99.7 Å². The molecule has 1 amide bonds. The van der Waals surface area contributed by atoms with Crippen LogP contribution in [0.25, 0.3) is 11.5 Å². The normalized spacial score (nSPS) is 10.2. The average Bonchev–Trinajstić information content (AvgIpc) is 2.86. The standard InChI is InChI=1S/C13H14N2O2/c1-2-8-14-12(16)11-9-17-13(15-11)10-6-4-3-5-7-10/h3-7,9H,2,8H2,1H3,(H,14,16). The topological polar surface area (TPSA) is 55.1 Å². The van der Waals surface area contributed by atoms with Crippen LogP contribution in [0.1, 0.15) is 23.8 Å². The minimum absolute atomic E-state index is 0.196. The first-order valence-corrected chi connectivity index (χ1v) is 5.60. The Morgan fingerprint density at radius 3 is 2.82 bits per heavy atom. The molecular weight excluding hydrogens is 216 g/mol. The Hall–Kier alpha value is -2.10. The van der Waals surface area contributed by atoms with Crippen molar-refractivity contribution in [3.05, 3.63) is 42.3 Å². The van der Waals surface area contributed by atoms with E-state index in [1.165, 1.54) is 6.26 Å². The number of carbonyl (C=O) groups is 1. The fourth-order valence-electron chi connectivity index (χ4n) is 1.42. The molecule has 0 bridgehead atoms. The quantitative estimate of drug-likeness (QED) is 0.877. The molecule has 0 fully saturated rings. The van der Waals surface area contributed by atoms with Gasteiger partial charge in [0.2, 0.25) is 5.89 Å². The molecule has 2 aromatic rings. The van der Waals surface area contributed by atoms with Crippen LogP contribution in [0.4, 0.5) is 0 Å². The fraction of sp³-hybridized carbons (Fsp3) is 0.231. The molecule has 0 unspecified atom stereocenters. The highest BCUT2D eigenvalue weighted by Gasteiger charge is 2.12. The van der Waals surface area contributed by atoms with Crippen molar-refractivity contribution < 1.29 is 9.21 Å². The summed E-state index contributed by atoms with van der Waals surface area (Å²) < 4.78 is 5.28. The van der Waals surface area contributed by atoms with E-state index in [4.69, 9.17) is 4.42 Å². The lowest BCUT2D eigenvalue weighted by atomic mass is 10.2. The highest BCUT2D eigenvalue weighted by molar-refractivity contribution is 5.92. The molecule has 0 atom stereocenters. The van der Waals surface area contributed by atoms with E-state index >= 15 is 0 Å². The number of aromatic nitrogens is 1. The smallest absolute Gasteiger partial charge is 0.273 e. The van der Waals surface area contributed by atoms with E-state index in [9.17, 15) is 4.79 Å². The number of hydrogen-bond donors (Lipinski definition) is 1. The van der Waals surface area contributed by atoms with Crippen molar-refractivity contribution in [1.29, 1.82) is 0 Å². The van der Waals surface area contributed by atoms with Crippen LogP contribution < -0.4 is 5.32 Å². The minimum atomic E-state index is -0.196. The van der Waals surface area contributed by atoms with Crippen LogP contribution in [0.2, 0.25) is 0 Å². The van der Waals surface area contributed by atoms with Crippen LogP contribution in [-0.2, 0) is 0 Å². The number of nitrogens with one attached hydrogen (secondary N) is 1. The van der Waals surface area contributed by atoms with Crippen molar-refractivity contribution in [3.63, 3.8) is 0 Å². The minimum Gasteiger partial charge on any atom is -0.444 e. The maximum atomic E-state index is 11.6. The van der Waals surface area contributed by atoms with Gasteiger partial charge in [0.1, 0.15) is 6.26 Å². The number of amides is 1. The van der Waals surface area contributed by atoms with Crippen LogP contribution in [0.3, 0.4) is 0 Å². The van der Waals surface area contributed by atoms with E-state index in [1.54, 1.807) is 0 Å². The summed E-state index contributed by atoms with van der Waals surface area (Å²) in [6.45, 7) is 2.64. The number of hydrogen-bond acceptors (Lipinski definition) is 3. The number of carbonyl (C=O) groups excluding carboxylic acids is 1. The second-order valence-corrected chi connectivity index (χ2v) is 3.66. The van der Waals surface area contributed by atoms with Crippen LogP contribution >= 0.6 is 0 Å². The summed E-state index contributed by atoms with van der Waals surface area (Å²) in [5.41, 5.74) is 1.18. The van der Waals surface area contributed by atoms with Crippen molar-refractivity contribution in [2.45, 2.75) is 13.3 Å². The summed E-state index contributed by atoms with van der Waals surface area (Å²) in [5, 5.41) is 2.75. The van der Waals surface area contributed by atoms with Gasteiger partial charge in [-0.2, -0.15) is 0 Å². The monoisotopic (exact) mass is 230 g/mol. The van der Waals surface area contributed by atoms with E-state index < -0.39 is 0 Å². The van der Waals surface area contributed by atoms with Gasteiger partial charge in [0, 0.05) is 12.1 Å². The van der Waals surface area contributed by atoms with Gasteiger partial charge >= 0.3 is 0 Å². The van der Waals surface area contributed by atoms with Crippen LogP contribution in [0, 0.1) is 0 Å². The second kappa shape index (κ2) is 5.30. The van der Waals surface area contributed by atoms with Gasteiger partial charge < -0.3 is 9.73 Å². The molecule has 1 heterocycles. The molecule has 0 radical (unpaired) electrons. The van der Waals surface area contributed by atoms with E-state index in [-0.39, 0.29) is 5.91 Å². The van der Waals surface area contributed by atoms with Crippen molar-refractivity contribution in [1.82, 2.24) is 10.3 Å². The summed E-state index contributed by atoms with van der Waals surface area (Å²) in [4.78, 5) is 15.8. The zero-order valence-electron chi connectivity index (χ0n) is 9.64. The molecule has 17 heavy (non-hydrogen) atoms. The SMILES string of the molecule is CCCNC(=O)c1coc(-c2ccccc2)n1. The van der Waals surface area contributed by atoms with Crippen molar-refractivity contribution in [3.8, 4) is 11.5 Å². The maximum absolute atomic E-state index is 11.6. The zero-order valence-corrected chi connectivity index (χ0v) is 9.64. The fourth-order valence-corrected chi connectivity index (χ4v) is 1.42. The molecule has 0 aliphatic heterocycles. The molecule has 1 aromatic heterocycles.